The van der Waals surface area contributed by atoms with E-state index in [2.05, 4.69) is 5.32 Å². The molecule has 0 saturated heterocycles. The van der Waals surface area contributed by atoms with E-state index in [4.69, 9.17) is 0 Å². The molecule has 0 spiro atoms. The minimum Gasteiger partial charge on any atom is -0.351 e. The Morgan fingerprint density at radius 2 is 2.00 bits per heavy atom. The van der Waals surface area contributed by atoms with Crippen LogP contribution in [-0.2, 0) is 9.90 Å². The van der Waals surface area contributed by atoms with E-state index in [1.165, 1.54) is 6.92 Å². The molecule has 0 aliphatic carbocycles. The van der Waals surface area contributed by atoms with Crippen molar-refractivity contribution in [3.8, 4) is 0 Å². The van der Waals surface area contributed by atoms with E-state index in [0.29, 0.717) is 5.92 Å². The fraction of sp³-hybridized carbons (Fsp3) is 0.875. The van der Waals surface area contributed by atoms with Crippen LogP contribution in [0.2, 0.25) is 0 Å². The van der Waals surface area contributed by atoms with Gasteiger partial charge in [-0.15, -0.1) is 0 Å². The maximum absolute atomic E-state index is 10.5. The van der Waals surface area contributed by atoms with Crippen LogP contribution in [0.25, 0.3) is 0 Å². The van der Waals surface area contributed by atoms with Gasteiger partial charge in [0.25, 0.3) is 0 Å². The predicted molar refractivity (Wildman–Crippen MR) is 42.6 cm³/mol. The van der Waals surface area contributed by atoms with E-state index in [0.717, 1.165) is 6.42 Å². The lowest BCUT2D eigenvalue weighted by Crippen LogP contribution is -2.36. The Morgan fingerprint density at radius 1 is 1.45 bits per heavy atom. The standard InChI is InChI=1S/C8H16NO2/c1-6(2)4-8(5-10)9-7(3)11/h6,8H,4-5H2,1-3H3,(H,9,11)/t8-/m0/s1. The van der Waals surface area contributed by atoms with Crippen molar-refractivity contribution in [3.05, 3.63) is 0 Å². The Morgan fingerprint density at radius 3 is 2.27 bits per heavy atom. The lowest BCUT2D eigenvalue weighted by atomic mass is 10.0. The monoisotopic (exact) mass is 158 g/mol. The van der Waals surface area contributed by atoms with Gasteiger partial charge in [-0.25, -0.2) is 5.11 Å². The molecule has 0 aromatic carbocycles. The topological polar surface area (TPSA) is 49.0 Å². The molecule has 0 unspecified atom stereocenters. The van der Waals surface area contributed by atoms with Crippen molar-refractivity contribution in [1.82, 2.24) is 5.32 Å². The minimum absolute atomic E-state index is 0.119. The predicted octanol–water partition coefficient (Wildman–Crippen LogP) is 0.968. The Kier molecular flexibility index (Phi) is 4.86. The van der Waals surface area contributed by atoms with E-state index in [1.54, 1.807) is 0 Å². The third-order valence-corrected chi connectivity index (χ3v) is 1.36. The van der Waals surface area contributed by atoms with Crippen LogP contribution in [-0.4, -0.2) is 18.6 Å². The zero-order chi connectivity index (χ0) is 8.85. The Hall–Kier alpha value is -0.570. The number of rotatable bonds is 4. The summed E-state index contributed by atoms with van der Waals surface area (Å²) >= 11 is 0. The molecule has 0 fully saturated rings. The summed E-state index contributed by atoms with van der Waals surface area (Å²) in [6.07, 6.45) is 0.767. The van der Waals surface area contributed by atoms with Crippen LogP contribution in [0, 0.1) is 5.92 Å². The second-order valence-corrected chi connectivity index (χ2v) is 3.19. The smallest absolute Gasteiger partial charge is 0.217 e. The molecule has 0 bridgehead atoms. The van der Waals surface area contributed by atoms with Crippen LogP contribution in [0.4, 0.5) is 0 Å². The highest BCUT2D eigenvalue weighted by Gasteiger charge is 2.10. The normalized spacial score (nSPS) is 13.2. The molecule has 0 saturated carbocycles. The first kappa shape index (κ1) is 10.4. The summed E-state index contributed by atoms with van der Waals surface area (Å²) < 4.78 is 0. The van der Waals surface area contributed by atoms with Gasteiger partial charge in [0.1, 0.15) is 6.61 Å². The molecule has 0 aromatic rings. The molecule has 1 radical (unpaired) electrons. The first-order chi connectivity index (χ1) is 5.06. The molecule has 1 atom stereocenters. The van der Waals surface area contributed by atoms with Crippen molar-refractivity contribution in [2.24, 2.45) is 5.92 Å². The Balaban J connectivity index is 3.66. The van der Waals surface area contributed by atoms with E-state index in [9.17, 15) is 9.90 Å². The fourth-order valence-electron chi connectivity index (χ4n) is 1.03. The van der Waals surface area contributed by atoms with Crippen LogP contribution < -0.4 is 5.32 Å². The van der Waals surface area contributed by atoms with Gasteiger partial charge >= 0.3 is 0 Å². The van der Waals surface area contributed by atoms with Gasteiger partial charge in [-0.2, -0.15) is 0 Å². The maximum Gasteiger partial charge on any atom is 0.217 e. The number of hydrogen-bond donors (Lipinski definition) is 1. The molecule has 0 rings (SSSR count). The van der Waals surface area contributed by atoms with Gasteiger partial charge in [0.15, 0.2) is 0 Å². The van der Waals surface area contributed by atoms with Crippen molar-refractivity contribution in [2.75, 3.05) is 6.61 Å². The number of amides is 1. The average molecular weight is 158 g/mol. The lowest BCUT2D eigenvalue weighted by Gasteiger charge is -2.15. The zero-order valence-corrected chi connectivity index (χ0v) is 7.39. The van der Waals surface area contributed by atoms with Gasteiger partial charge in [-0.05, 0) is 12.3 Å². The van der Waals surface area contributed by atoms with Crippen LogP contribution >= 0.6 is 0 Å². The third kappa shape index (κ3) is 5.85. The third-order valence-electron chi connectivity index (χ3n) is 1.36. The van der Waals surface area contributed by atoms with Crippen molar-refractivity contribution in [1.29, 1.82) is 0 Å². The van der Waals surface area contributed by atoms with Crippen molar-refractivity contribution in [3.63, 3.8) is 0 Å². The molecule has 0 aliphatic rings. The molecule has 1 N–H and O–H groups in total. The van der Waals surface area contributed by atoms with Gasteiger partial charge in [-0.3, -0.25) is 4.79 Å². The van der Waals surface area contributed by atoms with Crippen LogP contribution in [0.15, 0.2) is 0 Å². The quantitative estimate of drug-likeness (QED) is 0.651. The lowest BCUT2D eigenvalue weighted by molar-refractivity contribution is -0.120. The van der Waals surface area contributed by atoms with Crippen LogP contribution in [0.3, 0.4) is 0 Å². The second-order valence-electron chi connectivity index (χ2n) is 3.19. The van der Waals surface area contributed by atoms with Gasteiger partial charge in [0, 0.05) is 6.92 Å². The Bertz CT molecular complexity index is 123. The molecule has 65 valence electrons. The highest BCUT2D eigenvalue weighted by Crippen LogP contribution is 2.03. The van der Waals surface area contributed by atoms with Gasteiger partial charge in [-0.1, -0.05) is 13.8 Å². The number of carbonyl (C=O) groups is 1. The average Bonchev–Trinajstić information content (AvgIpc) is 1.84. The van der Waals surface area contributed by atoms with E-state index >= 15 is 0 Å². The fourth-order valence-corrected chi connectivity index (χ4v) is 1.03. The number of hydrogen-bond acceptors (Lipinski definition) is 1. The van der Waals surface area contributed by atoms with Crippen molar-refractivity contribution in [2.45, 2.75) is 33.2 Å². The summed E-state index contributed by atoms with van der Waals surface area (Å²) in [5, 5.41) is 13.1. The van der Waals surface area contributed by atoms with E-state index < -0.39 is 0 Å². The van der Waals surface area contributed by atoms with E-state index in [-0.39, 0.29) is 18.6 Å². The van der Waals surface area contributed by atoms with Crippen LogP contribution in [0.5, 0.6) is 0 Å². The molecule has 1 amide bonds. The molecule has 0 aliphatic heterocycles. The number of nitrogens with one attached hydrogen (secondary N) is 1. The molecule has 3 heteroatoms. The highest BCUT2D eigenvalue weighted by atomic mass is 16.3. The first-order valence-electron chi connectivity index (χ1n) is 3.91. The highest BCUT2D eigenvalue weighted by molar-refractivity contribution is 5.73. The SMILES string of the molecule is CC(=O)N[C@H](C[O])CC(C)C. The van der Waals surface area contributed by atoms with Crippen LogP contribution in [0.1, 0.15) is 27.2 Å². The largest absolute Gasteiger partial charge is 0.351 e. The first-order valence-corrected chi connectivity index (χ1v) is 3.91. The maximum atomic E-state index is 10.5. The van der Waals surface area contributed by atoms with Gasteiger partial charge < -0.3 is 5.32 Å². The Labute approximate surface area is 67.8 Å². The molecule has 3 nitrogen and oxygen atoms in total. The summed E-state index contributed by atoms with van der Waals surface area (Å²) in [7, 11) is 0. The molecular formula is C8H16NO2. The van der Waals surface area contributed by atoms with Gasteiger partial charge in [0.05, 0.1) is 6.04 Å². The minimum atomic E-state index is -0.224. The summed E-state index contributed by atoms with van der Waals surface area (Å²) in [6, 6.07) is -0.188. The summed E-state index contributed by atoms with van der Waals surface area (Å²) in [5.74, 6) is 0.340. The van der Waals surface area contributed by atoms with Gasteiger partial charge in [0.2, 0.25) is 5.91 Å². The van der Waals surface area contributed by atoms with Crippen molar-refractivity contribution >= 4 is 5.91 Å². The molecule has 0 aromatic heterocycles. The second kappa shape index (κ2) is 5.13. The number of carbonyl (C=O) groups excluding carboxylic acids is 1. The molecular weight excluding hydrogens is 142 g/mol. The summed E-state index contributed by atoms with van der Waals surface area (Å²) in [6.45, 7) is 5.27. The summed E-state index contributed by atoms with van der Waals surface area (Å²) in [4.78, 5) is 10.5. The molecule has 0 heterocycles. The zero-order valence-electron chi connectivity index (χ0n) is 7.39. The van der Waals surface area contributed by atoms with E-state index in [1.807, 2.05) is 13.8 Å². The molecule has 11 heavy (non-hydrogen) atoms. The summed E-state index contributed by atoms with van der Waals surface area (Å²) in [5.41, 5.74) is 0. The van der Waals surface area contributed by atoms with Crippen molar-refractivity contribution < 1.29 is 9.90 Å².